The zero-order valence-corrected chi connectivity index (χ0v) is 34.0. The molecule has 1 aromatic heterocycles. The van der Waals surface area contributed by atoms with Crippen molar-refractivity contribution < 1.29 is 0 Å². The van der Waals surface area contributed by atoms with Crippen LogP contribution < -0.4 is 4.90 Å². The highest BCUT2D eigenvalue weighted by molar-refractivity contribution is 6.24. The predicted octanol–water partition coefficient (Wildman–Crippen LogP) is 16.7. The molecule has 0 atom stereocenters. The van der Waals surface area contributed by atoms with Crippen LogP contribution in [0.25, 0.3) is 93.2 Å². The third-order valence-corrected chi connectivity index (χ3v) is 12.5. The number of nitrogens with zero attached hydrogens (tertiary/aromatic N) is 2. The number of rotatable bonds is 7. The molecule has 0 aliphatic rings. The van der Waals surface area contributed by atoms with Crippen LogP contribution in [0.5, 0.6) is 0 Å². The van der Waals surface area contributed by atoms with Crippen LogP contribution in [-0.2, 0) is 0 Å². The van der Waals surface area contributed by atoms with Gasteiger partial charge < -0.3 is 9.47 Å². The SMILES string of the molecule is c1ccc(-c2ccccc2N(c2ccc(-c3cc4ccccc4c4ccccc34)cc2)c2cccc(-c3cc4ccccc4c4c3c3ccccc3n4-c3ccccc3)c2)cc1. The van der Waals surface area contributed by atoms with E-state index in [9.17, 15) is 0 Å². The van der Waals surface area contributed by atoms with E-state index in [-0.39, 0.29) is 0 Å². The van der Waals surface area contributed by atoms with E-state index >= 15 is 0 Å². The van der Waals surface area contributed by atoms with Gasteiger partial charge in [-0.3, -0.25) is 0 Å². The standard InChI is InChI=1S/C60H40N2/c1-3-18-41(19-4-1)50-27-13-15-32-57(50)61(47-36-34-42(35-37-47)55-39-44-20-7-9-26-49(44)52-29-11-12-30-53(52)55)48-25-17-22-43(38-48)56-40-45-21-8-10-28-51(45)60-59(56)54-31-14-16-33-58(54)62(60)46-23-5-2-6-24-46/h1-40H. The lowest BCUT2D eigenvalue weighted by Gasteiger charge is -2.28. The Morgan fingerprint density at radius 2 is 0.871 bits per heavy atom. The van der Waals surface area contributed by atoms with Crippen molar-refractivity contribution in [2.45, 2.75) is 0 Å². The molecule has 0 bridgehead atoms. The van der Waals surface area contributed by atoms with Crippen molar-refractivity contribution in [3.63, 3.8) is 0 Å². The second-order valence-electron chi connectivity index (χ2n) is 16.1. The molecule has 0 aliphatic heterocycles. The number of aromatic nitrogens is 1. The van der Waals surface area contributed by atoms with Crippen LogP contribution in [-0.4, -0.2) is 4.57 Å². The van der Waals surface area contributed by atoms with Crippen LogP contribution in [0.2, 0.25) is 0 Å². The third-order valence-electron chi connectivity index (χ3n) is 12.5. The molecule has 0 aliphatic carbocycles. The van der Waals surface area contributed by atoms with Crippen LogP contribution in [0.3, 0.4) is 0 Å². The van der Waals surface area contributed by atoms with Crippen LogP contribution in [0, 0.1) is 0 Å². The molecular weight excluding hydrogens is 749 g/mol. The van der Waals surface area contributed by atoms with Crippen molar-refractivity contribution in [2.75, 3.05) is 4.90 Å². The minimum Gasteiger partial charge on any atom is -0.310 e. The average molecular weight is 789 g/mol. The first-order valence-corrected chi connectivity index (χ1v) is 21.3. The number of hydrogen-bond acceptors (Lipinski definition) is 1. The fourth-order valence-electron chi connectivity index (χ4n) is 9.76. The van der Waals surface area contributed by atoms with Crippen LogP contribution in [0.15, 0.2) is 243 Å². The molecule has 62 heavy (non-hydrogen) atoms. The van der Waals surface area contributed by atoms with E-state index in [1.807, 2.05) is 0 Å². The fourth-order valence-corrected chi connectivity index (χ4v) is 9.76. The predicted molar refractivity (Wildman–Crippen MR) is 264 cm³/mol. The van der Waals surface area contributed by atoms with E-state index in [0.29, 0.717) is 0 Å². The summed E-state index contributed by atoms with van der Waals surface area (Å²) < 4.78 is 2.45. The third kappa shape index (κ3) is 5.88. The first kappa shape index (κ1) is 35.7. The molecule has 0 saturated carbocycles. The molecule has 1 heterocycles. The lowest BCUT2D eigenvalue weighted by Crippen LogP contribution is -2.11. The van der Waals surface area contributed by atoms with Crippen molar-refractivity contribution in [2.24, 2.45) is 0 Å². The molecule has 0 N–H and O–H groups in total. The smallest absolute Gasteiger partial charge is 0.0625 e. The van der Waals surface area contributed by atoms with Gasteiger partial charge in [0.1, 0.15) is 0 Å². The number of hydrogen-bond donors (Lipinski definition) is 0. The summed E-state index contributed by atoms with van der Waals surface area (Å²) in [5, 5.41) is 9.99. The molecular formula is C60H40N2. The molecule has 0 unspecified atom stereocenters. The van der Waals surface area contributed by atoms with Gasteiger partial charge >= 0.3 is 0 Å². The normalized spacial score (nSPS) is 11.5. The van der Waals surface area contributed by atoms with E-state index in [0.717, 1.165) is 28.3 Å². The van der Waals surface area contributed by atoms with Crippen molar-refractivity contribution in [3.05, 3.63) is 243 Å². The summed E-state index contributed by atoms with van der Waals surface area (Å²) in [6.45, 7) is 0. The Balaban J connectivity index is 1.08. The minimum atomic E-state index is 1.09. The van der Waals surface area contributed by atoms with Gasteiger partial charge in [-0.05, 0) is 115 Å². The summed E-state index contributed by atoms with van der Waals surface area (Å²) in [5.41, 5.74) is 14.0. The molecule has 2 heteroatoms. The topological polar surface area (TPSA) is 8.17 Å². The van der Waals surface area contributed by atoms with Gasteiger partial charge in [-0.25, -0.2) is 0 Å². The van der Waals surface area contributed by atoms with Crippen LogP contribution in [0.4, 0.5) is 17.1 Å². The van der Waals surface area contributed by atoms with Gasteiger partial charge in [0.2, 0.25) is 0 Å². The maximum atomic E-state index is 2.45. The molecule has 0 saturated heterocycles. The fraction of sp³-hybridized carbons (Fsp3) is 0. The zero-order chi connectivity index (χ0) is 41.0. The highest BCUT2D eigenvalue weighted by Gasteiger charge is 2.22. The Morgan fingerprint density at radius 3 is 1.66 bits per heavy atom. The Hall–Kier alpha value is -8.20. The lowest BCUT2D eigenvalue weighted by molar-refractivity contribution is 1.19. The van der Waals surface area contributed by atoms with Gasteiger partial charge in [0.25, 0.3) is 0 Å². The van der Waals surface area contributed by atoms with Gasteiger partial charge in [-0.15, -0.1) is 0 Å². The molecule has 12 aromatic rings. The monoisotopic (exact) mass is 788 g/mol. The Kier molecular flexibility index (Phi) is 8.53. The van der Waals surface area contributed by atoms with Crippen molar-refractivity contribution in [1.29, 1.82) is 0 Å². The summed E-state index contributed by atoms with van der Waals surface area (Å²) in [7, 11) is 0. The van der Waals surface area contributed by atoms with Crippen molar-refractivity contribution in [1.82, 2.24) is 4.57 Å². The first-order valence-electron chi connectivity index (χ1n) is 21.3. The maximum absolute atomic E-state index is 2.45. The Morgan fingerprint density at radius 1 is 0.306 bits per heavy atom. The zero-order valence-electron chi connectivity index (χ0n) is 34.0. The van der Waals surface area contributed by atoms with E-state index in [2.05, 4.69) is 252 Å². The van der Waals surface area contributed by atoms with Crippen molar-refractivity contribution >= 4 is 71.2 Å². The van der Waals surface area contributed by atoms with Gasteiger partial charge in [-0.2, -0.15) is 0 Å². The summed E-state index contributed by atoms with van der Waals surface area (Å²) in [4.78, 5) is 2.43. The average Bonchev–Trinajstić information content (AvgIpc) is 3.70. The number of anilines is 3. The summed E-state index contributed by atoms with van der Waals surface area (Å²) >= 11 is 0. The van der Waals surface area contributed by atoms with E-state index in [1.54, 1.807) is 0 Å². The summed E-state index contributed by atoms with van der Waals surface area (Å²) in [6, 6.07) is 88.5. The minimum absolute atomic E-state index is 1.09. The molecule has 11 aromatic carbocycles. The molecule has 2 nitrogen and oxygen atoms in total. The highest BCUT2D eigenvalue weighted by atomic mass is 15.1. The molecule has 0 fully saturated rings. The molecule has 0 spiro atoms. The number of para-hydroxylation sites is 3. The Labute approximate surface area is 360 Å². The quantitative estimate of drug-likeness (QED) is 0.146. The van der Waals surface area contributed by atoms with E-state index in [4.69, 9.17) is 0 Å². The first-order chi connectivity index (χ1) is 30.8. The molecule has 12 rings (SSSR count). The van der Waals surface area contributed by atoms with Gasteiger partial charge in [-0.1, -0.05) is 182 Å². The number of benzene rings is 11. The molecule has 0 radical (unpaired) electrons. The Bertz CT molecular complexity index is 3620. The van der Waals surface area contributed by atoms with Gasteiger partial charge in [0.15, 0.2) is 0 Å². The van der Waals surface area contributed by atoms with E-state index in [1.165, 1.54) is 81.9 Å². The van der Waals surface area contributed by atoms with Crippen LogP contribution >= 0.6 is 0 Å². The maximum Gasteiger partial charge on any atom is 0.0625 e. The van der Waals surface area contributed by atoms with Crippen molar-refractivity contribution in [3.8, 4) is 39.1 Å². The van der Waals surface area contributed by atoms with Crippen LogP contribution in [0.1, 0.15) is 0 Å². The second kappa shape index (κ2) is 14.8. The molecule has 0 amide bonds. The molecule has 290 valence electrons. The summed E-state index contributed by atoms with van der Waals surface area (Å²) in [6.07, 6.45) is 0. The lowest BCUT2D eigenvalue weighted by atomic mass is 9.93. The largest absolute Gasteiger partial charge is 0.310 e. The van der Waals surface area contributed by atoms with E-state index < -0.39 is 0 Å². The second-order valence-corrected chi connectivity index (χ2v) is 16.1. The summed E-state index contributed by atoms with van der Waals surface area (Å²) in [5.74, 6) is 0. The number of fused-ring (bicyclic) bond motifs is 8. The van der Waals surface area contributed by atoms with Gasteiger partial charge in [0, 0.05) is 38.8 Å². The highest BCUT2D eigenvalue weighted by Crippen LogP contribution is 2.46. The van der Waals surface area contributed by atoms with Gasteiger partial charge in [0.05, 0.1) is 16.7 Å².